The van der Waals surface area contributed by atoms with Crippen LogP contribution in [0.2, 0.25) is 0 Å². The van der Waals surface area contributed by atoms with Crippen LogP contribution in [0, 0.1) is 39.0 Å². The summed E-state index contributed by atoms with van der Waals surface area (Å²) in [7, 11) is 0. The van der Waals surface area contributed by atoms with Gasteiger partial charge in [0.15, 0.2) is 0 Å². The number of aryl methyl sites for hydroxylation is 4. The van der Waals surface area contributed by atoms with Crippen LogP contribution in [0.3, 0.4) is 0 Å². The Hall–Kier alpha value is -7.29. The van der Waals surface area contributed by atoms with Crippen LogP contribution in [0.4, 0.5) is 0 Å². The molecule has 0 aliphatic heterocycles. The first-order chi connectivity index (χ1) is 27.4. The van der Waals surface area contributed by atoms with E-state index in [-0.39, 0.29) is 0 Å². The summed E-state index contributed by atoms with van der Waals surface area (Å²) in [5.41, 5.74) is 16.2. The maximum absolute atomic E-state index is 10.9. The standard InChI is InChI=1S/C51H37N5/c1-31-13-5-7-15-38(31)35-21-23-42-40-17-9-11-19-46(40)55(48(42)26-35)50-28-37(30-52)44(45-25-33(3)53-34(4)54-45)29-51(50)56-47-20-12-10-18-41(47)43-24-22-36(27-49(43)56)39-16-8-6-14-32(39)2/h5-29H,1-4H3. The van der Waals surface area contributed by atoms with Gasteiger partial charge in [0.1, 0.15) is 5.82 Å². The smallest absolute Gasteiger partial charge is 0.126 e. The van der Waals surface area contributed by atoms with Gasteiger partial charge in [-0.05, 0) is 104 Å². The zero-order valence-corrected chi connectivity index (χ0v) is 31.7. The normalized spacial score (nSPS) is 11.6. The first-order valence-electron chi connectivity index (χ1n) is 19.0. The third kappa shape index (κ3) is 5.22. The molecule has 10 rings (SSSR count). The van der Waals surface area contributed by atoms with Crippen LogP contribution in [-0.4, -0.2) is 19.1 Å². The summed E-state index contributed by atoms with van der Waals surface area (Å²) in [5.74, 6) is 0.667. The lowest BCUT2D eigenvalue weighted by Gasteiger charge is -2.20. The van der Waals surface area contributed by atoms with Crippen molar-refractivity contribution in [2.75, 3.05) is 0 Å². The molecule has 0 saturated heterocycles. The largest absolute Gasteiger partial charge is 0.307 e. The van der Waals surface area contributed by atoms with Crippen molar-refractivity contribution in [2.24, 2.45) is 0 Å². The Kier molecular flexibility index (Phi) is 7.69. The van der Waals surface area contributed by atoms with Gasteiger partial charge < -0.3 is 9.13 Å². The third-order valence-electron chi connectivity index (χ3n) is 11.2. The average Bonchev–Trinajstić information content (AvgIpc) is 3.72. The summed E-state index contributed by atoms with van der Waals surface area (Å²) in [5, 5.41) is 15.6. The monoisotopic (exact) mass is 719 g/mol. The number of fused-ring (bicyclic) bond motifs is 6. The van der Waals surface area contributed by atoms with E-state index in [0.29, 0.717) is 11.4 Å². The molecule has 0 radical (unpaired) electrons. The molecule has 0 aliphatic carbocycles. The fraction of sp³-hybridized carbons (Fsp3) is 0.0784. The minimum absolute atomic E-state index is 0.545. The molecule has 7 aromatic carbocycles. The molecule has 0 bridgehead atoms. The van der Waals surface area contributed by atoms with E-state index in [1.807, 2.05) is 19.9 Å². The van der Waals surface area contributed by atoms with Gasteiger partial charge in [0.2, 0.25) is 0 Å². The van der Waals surface area contributed by atoms with Gasteiger partial charge >= 0.3 is 0 Å². The lowest BCUT2D eigenvalue weighted by Crippen LogP contribution is -2.06. The molecule has 0 atom stereocenters. The number of nitriles is 1. The Balaban J connectivity index is 1.38. The molecule has 3 aromatic heterocycles. The van der Waals surface area contributed by atoms with Gasteiger partial charge in [-0.1, -0.05) is 109 Å². The molecule has 266 valence electrons. The molecule has 56 heavy (non-hydrogen) atoms. The molecule has 0 unspecified atom stereocenters. The molecule has 0 spiro atoms. The second-order valence-electron chi connectivity index (χ2n) is 14.7. The summed E-state index contributed by atoms with van der Waals surface area (Å²) in [6.07, 6.45) is 0. The summed E-state index contributed by atoms with van der Waals surface area (Å²) >= 11 is 0. The number of para-hydroxylation sites is 2. The SMILES string of the molecule is Cc1cc(-c2cc(-n3c4ccccc4c4ccc(-c5ccccc5C)cc43)c(-n3c4ccccc4c4ccc(-c5ccccc5C)cc43)cc2C#N)nc(C)n1. The third-order valence-corrected chi connectivity index (χ3v) is 11.2. The molecule has 5 heteroatoms. The van der Waals surface area contributed by atoms with E-state index >= 15 is 0 Å². The molecule has 0 aliphatic rings. The van der Waals surface area contributed by atoms with Crippen molar-refractivity contribution < 1.29 is 0 Å². The molecule has 10 aromatic rings. The molecule has 3 heterocycles. The van der Waals surface area contributed by atoms with Gasteiger partial charge in [0.25, 0.3) is 0 Å². The Morgan fingerprint density at radius 3 is 1.45 bits per heavy atom. The van der Waals surface area contributed by atoms with Crippen molar-refractivity contribution in [3.63, 3.8) is 0 Å². The van der Waals surface area contributed by atoms with Crippen molar-refractivity contribution in [2.45, 2.75) is 27.7 Å². The van der Waals surface area contributed by atoms with Crippen LogP contribution >= 0.6 is 0 Å². The Bertz CT molecular complexity index is 3240. The van der Waals surface area contributed by atoms with E-state index in [4.69, 9.17) is 4.98 Å². The molecular formula is C51H37N5. The fourth-order valence-corrected chi connectivity index (χ4v) is 8.68. The van der Waals surface area contributed by atoms with Crippen LogP contribution in [0.25, 0.3) is 88.5 Å². The van der Waals surface area contributed by atoms with E-state index in [0.717, 1.165) is 83.1 Å². The number of hydrogen-bond donors (Lipinski definition) is 0. The highest BCUT2D eigenvalue weighted by molar-refractivity contribution is 6.13. The number of rotatable bonds is 5. The van der Waals surface area contributed by atoms with E-state index in [1.165, 1.54) is 22.3 Å². The van der Waals surface area contributed by atoms with E-state index in [9.17, 15) is 5.26 Å². The van der Waals surface area contributed by atoms with Crippen molar-refractivity contribution in [1.82, 2.24) is 19.1 Å². The van der Waals surface area contributed by atoms with Gasteiger partial charge in [-0.25, -0.2) is 9.97 Å². The van der Waals surface area contributed by atoms with Crippen molar-refractivity contribution in [1.29, 1.82) is 5.26 Å². The van der Waals surface area contributed by atoms with Crippen molar-refractivity contribution in [3.05, 3.63) is 180 Å². The number of aromatic nitrogens is 4. The zero-order valence-electron chi connectivity index (χ0n) is 31.7. The van der Waals surface area contributed by atoms with E-state index in [1.54, 1.807) is 0 Å². The lowest BCUT2D eigenvalue weighted by atomic mass is 9.99. The Morgan fingerprint density at radius 1 is 0.446 bits per heavy atom. The average molecular weight is 720 g/mol. The topological polar surface area (TPSA) is 59.4 Å². The first-order valence-corrected chi connectivity index (χ1v) is 19.0. The maximum Gasteiger partial charge on any atom is 0.126 e. The maximum atomic E-state index is 10.9. The highest BCUT2D eigenvalue weighted by Gasteiger charge is 2.23. The fourth-order valence-electron chi connectivity index (χ4n) is 8.68. The second kappa shape index (κ2) is 12.9. The van der Waals surface area contributed by atoms with Crippen molar-refractivity contribution >= 4 is 43.6 Å². The quantitative estimate of drug-likeness (QED) is 0.178. The van der Waals surface area contributed by atoms with Crippen LogP contribution in [0.5, 0.6) is 0 Å². The van der Waals surface area contributed by atoms with Crippen molar-refractivity contribution in [3.8, 4) is 51.0 Å². The molecule has 0 fully saturated rings. The lowest BCUT2D eigenvalue weighted by molar-refractivity contribution is 1.01. The Labute approximate surface area is 325 Å². The van der Waals surface area contributed by atoms with E-state index < -0.39 is 0 Å². The highest BCUT2D eigenvalue weighted by atomic mass is 15.1. The predicted molar refractivity (Wildman–Crippen MR) is 231 cm³/mol. The summed E-state index contributed by atoms with van der Waals surface area (Å²) in [6, 6.07) is 56.7. The second-order valence-corrected chi connectivity index (χ2v) is 14.7. The minimum Gasteiger partial charge on any atom is -0.307 e. The van der Waals surface area contributed by atoms with Gasteiger partial charge in [0.05, 0.1) is 50.8 Å². The van der Waals surface area contributed by atoms with Crippen LogP contribution in [0.15, 0.2) is 152 Å². The molecular weight excluding hydrogens is 683 g/mol. The predicted octanol–water partition coefficient (Wildman–Crippen LogP) is 12.8. The van der Waals surface area contributed by atoms with E-state index in [2.05, 4.69) is 180 Å². The first kappa shape index (κ1) is 33.3. The number of benzene rings is 7. The van der Waals surface area contributed by atoms with Gasteiger partial charge in [-0.15, -0.1) is 0 Å². The number of nitrogens with zero attached hydrogens (tertiary/aromatic N) is 5. The van der Waals surface area contributed by atoms with Crippen LogP contribution in [-0.2, 0) is 0 Å². The van der Waals surface area contributed by atoms with Gasteiger partial charge in [-0.3, -0.25) is 0 Å². The minimum atomic E-state index is 0.545. The molecule has 0 saturated carbocycles. The summed E-state index contributed by atoms with van der Waals surface area (Å²) in [6.45, 7) is 8.21. The Morgan fingerprint density at radius 2 is 0.929 bits per heavy atom. The zero-order chi connectivity index (χ0) is 38.1. The summed E-state index contributed by atoms with van der Waals surface area (Å²) in [4.78, 5) is 9.47. The van der Waals surface area contributed by atoms with Crippen LogP contribution < -0.4 is 0 Å². The molecule has 0 N–H and O–H groups in total. The van der Waals surface area contributed by atoms with Gasteiger partial charge in [-0.2, -0.15) is 5.26 Å². The highest BCUT2D eigenvalue weighted by Crippen LogP contribution is 2.42. The molecule has 0 amide bonds. The van der Waals surface area contributed by atoms with Gasteiger partial charge in [0, 0.05) is 32.8 Å². The molecule has 5 nitrogen and oxygen atoms in total. The van der Waals surface area contributed by atoms with Crippen LogP contribution in [0.1, 0.15) is 28.2 Å². The number of hydrogen-bond acceptors (Lipinski definition) is 3. The summed E-state index contributed by atoms with van der Waals surface area (Å²) < 4.78 is 4.74.